The van der Waals surface area contributed by atoms with E-state index in [0.717, 1.165) is 10.7 Å². The molecule has 140 valence electrons. The molecular weight excluding hydrogens is 383 g/mol. The van der Waals surface area contributed by atoms with E-state index in [1.54, 1.807) is 12.1 Å². The first-order valence-corrected chi connectivity index (χ1v) is 8.27. The molecule has 0 saturated carbocycles. The van der Waals surface area contributed by atoms with E-state index in [4.69, 9.17) is 16.9 Å². The van der Waals surface area contributed by atoms with Crippen molar-refractivity contribution in [3.8, 4) is 6.07 Å². The van der Waals surface area contributed by atoms with E-state index in [-0.39, 0.29) is 25.1 Å². The fraction of sp³-hybridized carbons (Fsp3) is 0.294. The van der Waals surface area contributed by atoms with Gasteiger partial charge in [0.15, 0.2) is 5.69 Å². The Balaban J connectivity index is 2.03. The third-order valence-electron chi connectivity index (χ3n) is 3.98. The number of hydrogen-bond acceptors (Lipinski definition) is 4. The fourth-order valence-electron chi connectivity index (χ4n) is 2.73. The highest BCUT2D eigenvalue weighted by atomic mass is 35.5. The Kier molecular flexibility index (Phi) is 4.93. The first-order valence-electron chi connectivity index (χ1n) is 7.89. The Morgan fingerprint density at radius 2 is 2.04 bits per heavy atom. The van der Waals surface area contributed by atoms with E-state index in [1.165, 1.54) is 17.4 Å². The third kappa shape index (κ3) is 3.80. The Bertz CT molecular complexity index is 1110. The molecule has 3 aromatic rings. The van der Waals surface area contributed by atoms with Crippen molar-refractivity contribution in [2.45, 2.75) is 32.5 Å². The molecule has 10 heteroatoms. The lowest BCUT2D eigenvalue weighted by molar-refractivity contribution is -0.141. The molecule has 3 rings (SSSR count). The normalized spacial score (nSPS) is 11.7. The molecule has 0 aliphatic heterocycles. The number of aryl methyl sites for hydroxylation is 2. The van der Waals surface area contributed by atoms with Gasteiger partial charge in [0.2, 0.25) is 0 Å². The quantitative estimate of drug-likeness (QED) is 0.678. The van der Waals surface area contributed by atoms with E-state index >= 15 is 0 Å². The van der Waals surface area contributed by atoms with E-state index in [1.807, 2.05) is 6.07 Å². The minimum absolute atomic E-state index is 0.0796. The monoisotopic (exact) mass is 395 g/mol. The second-order valence-electron chi connectivity index (χ2n) is 5.89. The van der Waals surface area contributed by atoms with Gasteiger partial charge >= 0.3 is 6.18 Å². The van der Waals surface area contributed by atoms with Crippen LogP contribution in [0.25, 0.3) is 5.65 Å². The third-order valence-corrected chi connectivity index (χ3v) is 4.32. The molecule has 0 amide bonds. The van der Waals surface area contributed by atoms with Gasteiger partial charge in [0.05, 0.1) is 23.3 Å². The summed E-state index contributed by atoms with van der Waals surface area (Å²) in [5, 5.41) is 12.7. The first kappa shape index (κ1) is 18.9. The van der Waals surface area contributed by atoms with Gasteiger partial charge in [-0.25, -0.2) is 4.98 Å². The number of hydrogen-bond donors (Lipinski definition) is 0. The van der Waals surface area contributed by atoms with Crippen LogP contribution in [-0.2, 0) is 19.1 Å². The van der Waals surface area contributed by atoms with Crippen LogP contribution in [0.3, 0.4) is 0 Å². The second kappa shape index (κ2) is 7.04. The summed E-state index contributed by atoms with van der Waals surface area (Å²) in [6.07, 6.45) is -4.08. The standard InChI is InChI=1S/C17H13ClF3N5O/c1-10-7-14(17(19,20)21)24-25(10)9-11-8-16(27)26-13(3-2-6-22)12(18)4-5-15(26)23-11/h4-5,7-8H,2-3,9H2,1H3. The molecule has 0 atom stereocenters. The second-order valence-corrected chi connectivity index (χ2v) is 6.30. The molecule has 0 unspecified atom stereocenters. The average Bonchev–Trinajstić information content (AvgIpc) is 2.95. The van der Waals surface area contributed by atoms with Crippen LogP contribution in [0.2, 0.25) is 5.02 Å². The summed E-state index contributed by atoms with van der Waals surface area (Å²) in [6.45, 7) is 1.42. The minimum Gasteiger partial charge on any atom is -0.269 e. The Morgan fingerprint density at radius 3 is 2.67 bits per heavy atom. The predicted molar refractivity (Wildman–Crippen MR) is 91.5 cm³/mol. The van der Waals surface area contributed by atoms with Gasteiger partial charge in [-0.3, -0.25) is 13.9 Å². The van der Waals surface area contributed by atoms with Crippen molar-refractivity contribution in [2.24, 2.45) is 0 Å². The Morgan fingerprint density at radius 1 is 1.30 bits per heavy atom. The predicted octanol–water partition coefficient (Wildman–Crippen LogP) is 3.38. The van der Waals surface area contributed by atoms with Gasteiger partial charge < -0.3 is 0 Å². The van der Waals surface area contributed by atoms with E-state index in [9.17, 15) is 18.0 Å². The van der Waals surface area contributed by atoms with Gasteiger partial charge in [0.1, 0.15) is 5.65 Å². The lowest BCUT2D eigenvalue weighted by Gasteiger charge is -2.11. The molecular formula is C17H13ClF3N5O. The lowest BCUT2D eigenvalue weighted by Crippen LogP contribution is -2.20. The van der Waals surface area contributed by atoms with E-state index in [0.29, 0.717) is 22.1 Å². The van der Waals surface area contributed by atoms with Gasteiger partial charge in [-0.05, 0) is 25.1 Å². The summed E-state index contributed by atoms with van der Waals surface area (Å²) in [6, 6.07) is 7.27. The maximum absolute atomic E-state index is 12.8. The van der Waals surface area contributed by atoms with Gasteiger partial charge in [0, 0.05) is 30.3 Å². The summed E-state index contributed by atoms with van der Waals surface area (Å²) < 4.78 is 40.8. The number of rotatable bonds is 4. The number of pyridine rings is 1. The molecule has 3 aromatic heterocycles. The van der Waals surface area contributed by atoms with Crippen LogP contribution in [0.1, 0.15) is 29.2 Å². The van der Waals surface area contributed by atoms with Crippen LogP contribution in [0.5, 0.6) is 0 Å². The first-order chi connectivity index (χ1) is 12.7. The summed E-state index contributed by atoms with van der Waals surface area (Å²) >= 11 is 6.13. The molecule has 0 saturated heterocycles. The lowest BCUT2D eigenvalue weighted by atomic mass is 10.2. The fourth-order valence-corrected chi connectivity index (χ4v) is 2.97. The largest absolute Gasteiger partial charge is 0.435 e. The zero-order valence-corrected chi connectivity index (χ0v) is 14.8. The van der Waals surface area contributed by atoms with Crippen molar-refractivity contribution in [3.05, 3.63) is 62.4 Å². The Hall–Kier alpha value is -2.86. The maximum atomic E-state index is 12.8. The van der Waals surface area contributed by atoms with Gasteiger partial charge in [0.25, 0.3) is 5.56 Å². The molecule has 0 aromatic carbocycles. The number of nitrogens with zero attached hydrogens (tertiary/aromatic N) is 5. The Labute approximate surface area is 156 Å². The van der Waals surface area contributed by atoms with Gasteiger partial charge in [-0.15, -0.1) is 0 Å². The molecule has 0 fully saturated rings. The topological polar surface area (TPSA) is 76.0 Å². The molecule has 0 aliphatic rings. The van der Waals surface area contributed by atoms with Crippen LogP contribution >= 0.6 is 11.6 Å². The van der Waals surface area contributed by atoms with Crippen LogP contribution < -0.4 is 5.56 Å². The highest BCUT2D eigenvalue weighted by molar-refractivity contribution is 6.31. The van der Waals surface area contributed by atoms with Crippen LogP contribution in [-0.4, -0.2) is 19.2 Å². The van der Waals surface area contributed by atoms with Crippen LogP contribution in [0.4, 0.5) is 13.2 Å². The average molecular weight is 396 g/mol. The van der Waals surface area contributed by atoms with Crippen molar-refractivity contribution < 1.29 is 13.2 Å². The highest BCUT2D eigenvalue weighted by Gasteiger charge is 2.34. The van der Waals surface area contributed by atoms with E-state index < -0.39 is 17.4 Å². The zero-order valence-electron chi connectivity index (χ0n) is 14.1. The summed E-state index contributed by atoms with van der Waals surface area (Å²) in [4.78, 5) is 16.9. The van der Waals surface area contributed by atoms with Gasteiger partial charge in [-0.1, -0.05) is 11.6 Å². The maximum Gasteiger partial charge on any atom is 0.435 e. The molecule has 6 nitrogen and oxygen atoms in total. The van der Waals surface area contributed by atoms with Crippen LogP contribution in [0.15, 0.2) is 29.1 Å². The van der Waals surface area contributed by atoms with Crippen molar-refractivity contribution in [2.75, 3.05) is 0 Å². The molecule has 27 heavy (non-hydrogen) atoms. The minimum atomic E-state index is -4.54. The number of halogens is 4. The molecule has 0 bridgehead atoms. The van der Waals surface area contributed by atoms with Crippen molar-refractivity contribution in [1.82, 2.24) is 19.2 Å². The number of fused-ring (bicyclic) bond motifs is 1. The van der Waals surface area contributed by atoms with Crippen molar-refractivity contribution in [1.29, 1.82) is 5.26 Å². The zero-order chi connectivity index (χ0) is 19.8. The molecule has 0 aliphatic carbocycles. The summed E-state index contributed by atoms with van der Waals surface area (Å²) in [7, 11) is 0. The SMILES string of the molecule is Cc1cc(C(F)(F)F)nn1Cc1cc(=O)n2c(CCC#N)c(Cl)ccc2n1. The number of aromatic nitrogens is 4. The number of alkyl halides is 3. The molecule has 3 heterocycles. The van der Waals surface area contributed by atoms with Crippen LogP contribution in [0, 0.1) is 18.3 Å². The number of nitriles is 1. The highest BCUT2D eigenvalue weighted by Crippen LogP contribution is 2.28. The molecule has 0 N–H and O–H groups in total. The van der Waals surface area contributed by atoms with E-state index in [2.05, 4.69) is 10.1 Å². The van der Waals surface area contributed by atoms with Gasteiger partial charge in [-0.2, -0.15) is 23.5 Å². The van der Waals surface area contributed by atoms with Crippen molar-refractivity contribution in [3.63, 3.8) is 0 Å². The smallest absolute Gasteiger partial charge is 0.269 e. The molecule has 0 spiro atoms. The van der Waals surface area contributed by atoms with Crippen molar-refractivity contribution >= 4 is 17.2 Å². The summed E-state index contributed by atoms with van der Waals surface area (Å²) in [5.41, 5.74) is -0.0805. The summed E-state index contributed by atoms with van der Waals surface area (Å²) in [5.74, 6) is 0. The molecule has 0 radical (unpaired) electrons.